The monoisotopic (exact) mass is 590 g/mol. The van der Waals surface area contributed by atoms with Crippen LogP contribution in [0, 0.1) is 6.92 Å². The van der Waals surface area contributed by atoms with E-state index in [2.05, 4.69) is 77.7 Å². The molecular formula is C9H9I3N2O2S. The van der Waals surface area contributed by atoms with Gasteiger partial charge in [0.15, 0.2) is -0.565 Å². The van der Waals surface area contributed by atoms with Crippen LogP contribution >= 0.6 is 67.8 Å². The minimum Gasteiger partial charge on any atom is -0.200 e. The van der Waals surface area contributed by atoms with E-state index in [4.69, 9.17) is 0 Å². The zero-order valence-electron chi connectivity index (χ0n) is 8.69. The van der Waals surface area contributed by atoms with Gasteiger partial charge in [-0.3, -0.25) is 0 Å². The molecule has 0 aliphatic rings. The predicted octanol–water partition coefficient (Wildman–Crippen LogP) is 3.22. The van der Waals surface area contributed by atoms with Gasteiger partial charge in [0.1, 0.15) is 0 Å². The summed E-state index contributed by atoms with van der Waals surface area (Å²) in [5.41, 5.74) is 1.01. The third-order valence-electron chi connectivity index (χ3n) is 1.72. The van der Waals surface area contributed by atoms with E-state index in [-0.39, 0.29) is 4.33 Å². The SMILES string of the molecule is Cc1ccc(S(=O)(=O)NN=CC(I)(I)I)cc1. The number of aryl methyl sites for hydroxylation is 1. The molecule has 94 valence electrons. The molecule has 0 spiro atoms. The summed E-state index contributed by atoms with van der Waals surface area (Å²) >= 11 is 6.41. The van der Waals surface area contributed by atoms with Crippen LogP contribution in [-0.2, 0) is 10.0 Å². The molecule has 0 fully saturated rings. The van der Waals surface area contributed by atoms with E-state index in [1.807, 2.05) is 6.92 Å². The van der Waals surface area contributed by atoms with E-state index in [1.54, 1.807) is 24.3 Å². The third kappa shape index (κ3) is 6.00. The molecule has 0 amide bonds. The number of hydrogen-bond donors (Lipinski definition) is 1. The lowest BCUT2D eigenvalue weighted by atomic mass is 10.2. The molecule has 0 saturated heterocycles. The van der Waals surface area contributed by atoms with Gasteiger partial charge in [-0.1, -0.05) is 17.7 Å². The minimum absolute atomic E-state index is 0.209. The molecule has 1 aromatic rings. The van der Waals surface area contributed by atoms with Gasteiger partial charge in [0.05, 0.1) is 11.1 Å². The summed E-state index contributed by atoms with van der Waals surface area (Å²) in [5.74, 6) is 0. The Labute approximate surface area is 141 Å². The van der Waals surface area contributed by atoms with Crippen molar-refractivity contribution >= 4 is 84.0 Å². The van der Waals surface area contributed by atoms with Crippen molar-refractivity contribution in [2.24, 2.45) is 5.10 Å². The largest absolute Gasteiger partial charge is 0.276 e. The molecule has 0 unspecified atom stereocenters. The van der Waals surface area contributed by atoms with Crippen molar-refractivity contribution in [2.45, 2.75) is 11.3 Å². The Balaban J connectivity index is 2.83. The van der Waals surface area contributed by atoms with Crippen LogP contribution < -0.4 is 4.83 Å². The fraction of sp³-hybridized carbons (Fsp3) is 0.222. The molecule has 8 heteroatoms. The smallest absolute Gasteiger partial charge is 0.200 e. The topological polar surface area (TPSA) is 58.5 Å². The quantitative estimate of drug-likeness (QED) is 0.254. The first-order valence-electron chi connectivity index (χ1n) is 4.40. The molecular weight excluding hydrogens is 581 g/mol. The van der Waals surface area contributed by atoms with Crippen LogP contribution in [0.15, 0.2) is 34.3 Å². The molecule has 0 aromatic heterocycles. The number of nitrogens with zero attached hydrogens (tertiary/aromatic N) is 1. The molecule has 0 saturated carbocycles. The van der Waals surface area contributed by atoms with Gasteiger partial charge in [-0.15, -0.1) is 0 Å². The summed E-state index contributed by atoms with van der Waals surface area (Å²) in [6.07, 6.45) is 1.53. The molecule has 0 aliphatic carbocycles. The van der Waals surface area contributed by atoms with Gasteiger partial charge in [0.25, 0.3) is 10.0 Å². The first kappa shape index (κ1) is 15.9. The lowest BCUT2D eigenvalue weighted by Gasteiger charge is -2.06. The van der Waals surface area contributed by atoms with E-state index in [9.17, 15) is 8.42 Å². The van der Waals surface area contributed by atoms with E-state index >= 15 is 0 Å². The first-order valence-corrected chi connectivity index (χ1v) is 9.12. The van der Waals surface area contributed by atoms with Crippen molar-refractivity contribution in [2.75, 3.05) is 0 Å². The molecule has 0 aliphatic heterocycles. The number of alkyl halides is 3. The van der Waals surface area contributed by atoms with Crippen molar-refractivity contribution in [3.05, 3.63) is 29.8 Å². The Hall–Kier alpha value is 0.830. The van der Waals surface area contributed by atoms with E-state index < -0.39 is 10.0 Å². The Bertz CT molecular complexity index is 506. The molecule has 4 nitrogen and oxygen atoms in total. The summed E-state index contributed by atoms with van der Waals surface area (Å²) in [5, 5.41) is 3.73. The highest BCUT2D eigenvalue weighted by molar-refractivity contribution is 14.3. The van der Waals surface area contributed by atoms with Crippen LogP contribution in [-0.4, -0.2) is 14.1 Å². The molecule has 0 bridgehead atoms. The number of hydrogen-bond acceptors (Lipinski definition) is 3. The lowest BCUT2D eigenvalue weighted by Crippen LogP contribution is -2.19. The van der Waals surface area contributed by atoms with Crippen LogP contribution in [0.5, 0.6) is 0 Å². The Morgan fingerprint density at radius 3 is 2.24 bits per heavy atom. The minimum atomic E-state index is -3.56. The third-order valence-corrected chi connectivity index (χ3v) is 3.79. The van der Waals surface area contributed by atoms with Gasteiger partial charge < -0.3 is 0 Å². The average molecular weight is 590 g/mol. The van der Waals surface area contributed by atoms with Crippen LogP contribution in [0.2, 0.25) is 0 Å². The van der Waals surface area contributed by atoms with Gasteiger partial charge in [-0.25, -0.2) is 4.83 Å². The van der Waals surface area contributed by atoms with E-state index in [0.29, 0.717) is 0 Å². The van der Waals surface area contributed by atoms with Crippen LogP contribution in [0.25, 0.3) is 0 Å². The number of hydrazone groups is 1. The predicted molar refractivity (Wildman–Crippen MR) is 94.8 cm³/mol. The fourth-order valence-corrected chi connectivity index (χ4v) is 2.15. The summed E-state index contributed by atoms with van der Waals surface area (Å²) < 4.78 is 23.3. The van der Waals surface area contributed by atoms with Crippen LogP contribution in [0.3, 0.4) is 0 Å². The molecule has 1 aromatic carbocycles. The lowest BCUT2D eigenvalue weighted by molar-refractivity contribution is 0.584. The van der Waals surface area contributed by atoms with Gasteiger partial charge in [0, 0.05) is 0 Å². The van der Waals surface area contributed by atoms with Crippen LogP contribution in [0.4, 0.5) is 0 Å². The summed E-state index contributed by atoms with van der Waals surface area (Å²) in [6, 6.07) is 6.60. The molecule has 0 radical (unpaired) electrons. The second-order valence-electron chi connectivity index (χ2n) is 3.21. The highest BCUT2D eigenvalue weighted by Gasteiger charge is 2.15. The molecule has 17 heavy (non-hydrogen) atoms. The van der Waals surface area contributed by atoms with Crippen molar-refractivity contribution in [3.8, 4) is 0 Å². The second kappa shape index (κ2) is 6.32. The Kier molecular flexibility index (Phi) is 5.91. The number of nitrogens with one attached hydrogen (secondary N) is 1. The van der Waals surface area contributed by atoms with Crippen molar-refractivity contribution in [3.63, 3.8) is 0 Å². The van der Waals surface area contributed by atoms with Crippen molar-refractivity contribution in [1.29, 1.82) is 0 Å². The second-order valence-corrected chi connectivity index (χ2v) is 16.2. The first-order chi connectivity index (χ1) is 7.71. The maximum Gasteiger partial charge on any atom is 0.276 e. The average Bonchev–Trinajstić information content (AvgIpc) is 2.15. The van der Waals surface area contributed by atoms with Crippen molar-refractivity contribution < 1.29 is 8.42 Å². The number of sulfonamides is 1. The normalized spacial score (nSPS) is 12.9. The van der Waals surface area contributed by atoms with Gasteiger partial charge in [-0.2, -0.15) is 13.5 Å². The molecule has 0 atom stereocenters. The number of benzene rings is 1. The number of rotatable bonds is 4. The standard InChI is InChI=1S/C9H9I3N2O2S/c1-7-2-4-8(5-3-7)17(15,16)14-13-6-9(10,11)12/h2-6,14H,1H3. The zero-order valence-corrected chi connectivity index (χ0v) is 16.0. The highest BCUT2D eigenvalue weighted by Crippen LogP contribution is 2.32. The van der Waals surface area contributed by atoms with E-state index in [0.717, 1.165) is 5.56 Å². The molecule has 1 N–H and O–H groups in total. The summed E-state index contributed by atoms with van der Waals surface area (Å²) in [4.78, 5) is 2.39. The highest BCUT2D eigenvalue weighted by atomic mass is 127. The van der Waals surface area contributed by atoms with Gasteiger partial charge in [-0.05, 0) is 86.8 Å². The van der Waals surface area contributed by atoms with Crippen LogP contribution in [0.1, 0.15) is 5.56 Å². The van der Waals surface area contributed by atoms with Gasteiger partial charge in [0.2, 0.25) is 0 Å². The molecule has 1 rings (SSSR count). The van der Waals surface area contributed by atoms with Gasteiger partial charge >= 0.3 is 0 Å². The number of halogens is 3. The maximum absolute atomic E-state index is 11.8. The van der Waals surface area contributed by atoms with E-state index in [1.165, 1.54) is 6.21 Å². The fourth-order valence-electron chi connectivity index (χ4n) is 0.939. The Morgan fingerprint density at radius 1 is 1.24 bits per heavy atom. The summed E-state index contributed by atoms with van der Waals surface area (Å²) in [7, 11) is -3.56. The zero-order chi connectivity index (χ0) is 13.1. The Morgan fingerprint density at radius 2 is 1.76 bits per heavy atom. The molecule has 0 heterocycles. The summed E-state index contributed by atoms with van der Waals surface area (Å²) in [6.45, 7) is 1.90. The maximum atomic E-state index is 11.8. The van der Waals surface area contributed by atoms with Crippen molar-refractivity contribution in [1.82, 2.24) is 4.83 Å².